The average molecular weight is 217 g/mol. The van der Waals surface area contributed by atoms with Crippen LogP contribution in [-0.4, -0.2) is 13.6 Å². The molecule has 0 bridgehead atoms. The summed E-state index contributed by atoms with van der Waals surface area (Å²) in [7, 11) is 2.03. The van der Waals surface area contributed by atoms with E-state index in [-0.39, 0.29) is 0 Å². The maximum Gasteiger partial charge on any atom is 0.0992 e. The molecule has 0 heterocycles. The van der Waals surface area contributed by atoms with E-state index >= 15 is 0 Å². The standard InChI is InChI=1S/C13H19N3/c1-10(2)6-7-16(3)13-5-4-11(9-14)8-12(13)15/h4-5,8,10H,6-7,15H2,1-3H3. The quantitative estimate of drug-likeness (QED) is 0.789. The van der Waals surface area contributed by atoms with E-state index in [2.05, 4.69) is 24.8 Å². The largest absolute Gasteiger partial charge is 0.397 e. The van der Waals surface area contributed by atoms with E-state index in [4.69, 9.17) is 11.0 Å². The molecule has 16 heavy (non-hydrogen) atoms. The van der Waals surface area contributed by atoms with E-state index in [1.165, 1.54) is 0 Å². The van der Waals surface area contributed by atoms with Crippen molar-refractivity contribution in [1.82, 2.24) is 0 Å². The molecule has 1 aromatic carbocycles. The molecule has 86 valence electrons. The van der Waals surface area contributed by atoms with Gasteiger partial charge in [-0.25, -0.2) is 0 Å². The van der Waals surface area contributed by atoms with E-state index in [1.54, 1.807) is 12.1 Å². The first-order valence-corrected chi connectivity index (χ1v) is 5.55. The molecule has 0 spiro atoms. The Morgan fingerprint density at radius 1 is 1.44 bits per heavy atom. The van der Waals surface area contributed by atoms with Gasteiger partial charge in [0.15, 0.2) is 0 Å². The van der Waals surface area contributed by atoms with Crippen LogP contribution in [0.2, 0.25) is 0 Å². The van der Waals surface area contributed by atoms with Crippen LogP contribution in [0.15, 0.2) is 18.2 Å². The van der Waals surface area contributed by atoms with Crippen molar-refractivity contribution in [2.75, 3.05) is 24.2 Å². The molecule has 0 saturated carbocycles. The topological polar surface area (TPSA) is 53.0 Å². The molecule has 0 saturated heterocycles. The maximum absolute atomic E-state index is 8.75. The van der Waals surface area contributed by atoms with E-state index in [1.807, 2.05) is 13.1 Å². The van der Waals surface area contributed by atoms with E-state index in [9.17, 15) is 0 Å². The lowest BCUT2D eigenvalue weighted by Gasteiger charge is -2.22. The van der Waals surface area contributed by atoms with Gasteiger partial charge in [0.25, 0.3) is 0 Å². The molecule has 0 amide bonds. The highest BCUT2D eigenvalue weighted by atomic mass is 15.1. The number of hydrogen-bond donors (Lipinski definition) is 1. The molecule has 3 heteroatoms. The first-order valence-electron chi connectivity index (χ1n) is 5.55. The minimum absolute atomic E-state index is 0.610. The number of rotatable bonds is 4. The summed E-state index contributed by atoms with van der Waals surface area (Å²) < 4.78 is 0. The van der Waals surface area contributed by atoms with Crippen LogP contribution in [0.4, 0.5) is 11.4 Å². The van der Waals surface area contributed by atoms with Crippen LogP contribution in [0, 0.1) is 17.2 Å². The molecule has 0 aliphatic carbocycles. The molecule has 0 aromatic heterocycles. The third-order valence-corrected chi connectivity index (χ3v) is 2.61. The summed E-state index contributed by atoms with van der Waals surface area (Å²) in [6, 6.07) is 7.52. The van der Waals surface area contributed by atoms with Crippen LogP contribution in [0.3, 0.4) is 0 Å². The highest BCUT2D eigenvalue weighted by Crippen LogP contribution is 2.23. The zero-order valence-corrected chi connectivity index (χ0v) is 10.2. The second kappa shape index (κ2) is 5.41. The predicted molar refractivity (Wildman–Crippen MR) is 68.3 cm³/mol. The van der Waals surface area contributed by atoms with E-state index in [0.717, 1.165) is 18.7 Å². The third kappa shape index (κ3) is 3.16. The van der Waals surface area contributed by atoms with Crippen molar-refractivity contribution in [3.63, 3.8) is 0 Å². The van der Waals surface area contributed by atoms with Gasteiger partial charge in [-0.1, -0.05) is 13.8 Å². The Kier molecular flexibility index (Phi) is 4.19. The van der Waals surface area contributed by atoms with Gasteiger partial charge in [-0.15, -0.1) is 0 Å². The van der Waals surface area contributed by atoms with Crippen LogP contribution in [0.5, 0.6) is 0 Å². The second-order valence-corrected chi connectivity index (χ2v) is 4.49. The summed E-state index contributed by atoms with van der Waals surface area (Å²) in [6.07, 6.45) is 1.13. The third-order valence-electron chi connectivity index (χ3n) is 2.61. The maximum atomic E-state index is 8.75. The molecule has 0 aliphatic rings. The minimum Gasteiger partial charge on any atom is -0.397 e. The lowest BCUT2D eigenvalue weighted by atomic mass is 10.1. The molecule has 3 nitrogen and oxygen atoms in total. The monoisotopic (exact) mass is 217 g/mol. The van der Waals surface area contributed by atoms with Gasteiger partial charge in [0.05, 0.1) is 23.0 Å². The molecule has 1 rings (SSSR count). The van der Waals surface area contributed by atoms with Gasteiger partial charge in [0, 0.05) is 13.6 Å². The molecule has 0 fully saturated rings. The number of benzene rings is 1. The number of nitriles is 1. The van der Waals surface area contributed by atoms with Crippen molar-refractivity contribution < 1.29 is 0 Å². The Balaban J connectivity index is 2.76. The van der Waals surface area contributed by atoms with Gasteiger partial charge in [-0.2, -0.15) is 5.26 Å². The van der Waals surface area contributed by atoms with Crippen molar-refractivity contribution in [2.24, 2.45) is 5.92 Å². The van der Waals surface area contributed by atoms with Gasteiger partial charge in [0.2, 0.25) is 0 Å². The zero-order valence-electron chi connectivity index (χ0n) is 10.2. The first kappa shape index (κ1) is 12.4. The van der Waals surface area contributed by atoms with Crippen molar-refractivity contribution in [3.8, 4) is 6.07 Å². The fraction of sp³-hybridized carbons (Fsp3) is 0.462. The van der Waals surface area contributed by atoms with Gasteiger partial charge in [-0.3, -0.25) is 0 Å². The molecule has 0 radical (unpaired) electrons. The van der Waals surface area contributed by atoms with Crippen molar-refractivity contribution >= 4 is 11.4 Å². The molecule has 0 aliphatic heterocycles. The van der Waals surface area contributed by atoms with Gasteiger partial charge in [0.1, 0.15) is 0 Å². The van der Waals surface area contributed by atoms with Crippen LogP contribution in [-0.2, 0) is 0 Å². The predicted octanol–water partition coefficient (Wildman–Crippen LogP) is 2.62. The Bertz CT molecular complexity index is 391. The van der Waals surface area contributed by atoms with Crippen molar-refractivity contribution in [2.45, 2.75) is 20.3 Å². The van der Waals surface area contributed by atoms with Crippen molar-refractivity contribution in [3.05, 3.63) is 23.8 Å². The summed E-state index contributed by atoms with van der Waals surface area (Å²) in [4.78, 5) is 2.14. The van der Waals surface area contributed by atoms with E-state index < -0.39 is 0 Å². The van der Waals surface area contributed by atoms with Crippen LogP contribution < -0.4 is 10.6 Å². The number of hydrogen-bond acceptors (Lipinski definition) is 3. The summed E-state index contributed by atoms with van der Waals surface area (Å²) in [5.41, 5.74) is 8.19. The van der Waals surface area contributed by atoms with Gasteiger partial charge >= 0.3 is 0 Å². The molecule has 0 atom stereocenters. The minimum atomic E-state index is 0.610. The number of nitrogens with two attached hydrogens (primary N) is 1. The Morgan fingerprint density at radius 3 is 2.62 bits per heavy atom. The fourth-order valence-electron chi connectivity index (χ4n) is 1.54. The summed E-state index contributed by atoms with van der Waals surface area (Å²) in [6.45, 7) is 5.39. The second-order valence-electron chi connectivity index (χ2n) is 4.49. The zero-order chi connectivity index (χ0) is 12.1. The smallest absolute Gasteiger partial charge is 0.0992 e. The Morgan fingerprint density at radius 2 is 2.12 bits per heavy atom. The summed E-state index contributed by atoms with van der Waals surface area (Å²) >= 11 is 0. The lowest BCUT2D eigenvalue weighted by Crippen LogP contribution is -2.21. The lowest BCUT2D eigenvalue weighted by molar-refractivity contribution is 0.585. The summed E-state index contributed by atoms with van der Waals surface area (Å²) in [5, 5.41) is 8.75. The van der Waals surface area contributed by atoms with Gasteiger partial charge in [-0.05, 0) is 30.5 Å². The average Bonchev–Trinajstić information content (AvgIpc) is 2.25. The van der Waals surface area contributed by atoms with Crippen LogP contribution in [0.25, 0.3) is 0 Å². The number of anilines is 2. The summed E-state index contributed by atoms with van der Waals surface area (Å²) in [5.74, 6) is 0.682. The van der Waals surface area contributed by atoms with Gasteiger partial charge < -0.3 is 10.6 Å². The van der Waals surface area contributed by atoms with Crippen LogP contribution in [0.1, 0.15) is 25.8 Å². The molecular weight excluding hydrogens is 198 g/mol. The fourth-order valence-corrected chi connectivity index (χ4v) is 1.54. The highest BCUT2D eigenvalue weighted by molar-refractivity contribution is 5.69. The Labute approximate surface area is 97.5 Å². The van der Waals surface area contributed by atoms with E-state index in [0.29, 0.717) is 17.2 Å². The molecule has 1 aromatic rings. The Hall–Kier alpha value is -1.69. The molecule has 0 unspecified atom stereocenters. The van der Waals surface area contributed by atoms with Crippen LogP contribution >= 0.6 is 0 Å². The molecule has 2 N–H and O–H groups in total. The van der Waals surface area contributed by atoms with Crippen molar-refractivity contribution in [1.29, 1.82) is 5.26 Å². The molecular formula is C13H19N3. The number of nitrogen functional groups attached to an aromatic ring is 1. The highest BCUT2D eigenvalue weighted by Gasteiger charge is 2.06. The number of nitrogens with zero attached hydrogens (tertiary/aromatic N) is 2. The normalized spacial score (nSPS) is 10.2. The first-order chi connectivity index (χ1) is 7.54. The SMILES string of the molecule is CC(C)CCN(C)c1ccc(C#N)cc1N.